The molecule has 0 radical (unpaired) electrons. The van der Waals surface area contributed by atoms with E-state index in [1.165, 1.54) is 0 Å². The highest BCUT2D eigenvalue weighted by atomic mass is 16.3. The SMILES string of the molecule is CCCNc1cn2ccnc2c(NCC(C)CCO)n1. The molecule has 2 aromatic rings. The van der Waals surface area contributed by atoms with E-state index in [9.17, 15) is 0 Å². The fraction of sp³-hybridized carbons (Fsp3) is 0.571. The van der Waals surface area contributed by atoms with Crippen LogP contribution in [-0.4, -0.2) is 39.2 Å². The number of aliphatic hydroxyl groups is 1. The van der Waals surface area contributed by atoms with Crippen molar-refractivity contribution < 1.29 is 5.11 Å². The van der Waals surface area contributed by atoms with Gasteiger partial charge in [0, 0.05) is 32.1 Å². The van der Waals surface area contributed by atoms with Crippen LogP contribution in [0.4, 0.5) is 11.6 Å². The molecule has 1 unspecified atom stereocenters. The van der Waals surface area contributed by atoms with Crippen molar-refractivity contribution in [3.05, 3.63) is 18.6 Å². The third-order valence-electron chi connectivity index (χ3n) is 3.17. The Morgan fingerprint density at radius 3 is 3.00 bits per heavy atom. The van der Waals surface area contributed by atoms with Crippen molar-refractivity contribution in [2.24, 2.45) is 5.92 Å². The number of anilines is 2. The molecule has 0 aliphatic carbocycles. The number of hydrogen-bond acceptors (Lipinski definition) is 5. The van der Waals surface area contributed by atoms with Gasteiger partial charge >= 0.3 is 0 Å². The summed E-state index contributed by atoms with van der Waals surface area (Å²) in [6.07, 6.45) is 7.46. The van der Waals surface area contributed by atoms with Gasteiger partial charge in [0.1, 0.15) is 5.82 Å². The van der Waals surface area contributed by atoms with Crippen LogP contribution in [0.1, 0.15) is 26.7 Å². The third-order valence-corrected chi connectivity index (χ3v) is 3.17. The Morgan fingerprint density at radius 2 is 2.25 bits per heavy atom. The Balaban J connectivity index is 2.14. The maximum atomic E-state index is 8.94. The first kappa shape index (κ1) is 14.6. The molecule has 0 amide bonds. The van der Waals surface area contributed by atoms with Gasteiger partial charge in [-0.3, -0.25) is 0 Å². The zero-order valence-electron chi connectivity index (χ0n) is 12.1. The molecule has 0 aromatic carbocycles. The van der Waals surface area contributed by atoms with Crippen molar-refractivity contribution in [3.63, 3.8) is 0 Å². The van der Waals surface area contributed by atoms with Gasteiger partial charge in [-0.2, -0.15) is 0 Å². The summed E-state index contributed by atoms with van der Waals surface area (Å²) < 4.78 is 1.96. The number of fused-ring (bicyclic) bond motifs is 1. The van der Waals surface area contributed by atoms with E-state index in [0.29, 0.717) is 5.92 Å². The van der Waals surface area contributed by atoms with Crippen molar-refractivity contribution >= 4 is 17.3 Å². The second-order valence-corrected chi connectivity index (χ2v) is 5.06. The minimum absolute atomic E-state index is 0.215. The quantitative estimate of drug-likeness (QED) is 0.688. The molecular weight excluding hydrogens is 254 g/mol. The van der Waals surface area contributed by atoms with Gasteiger partial charge in [-0.05, 0) is 18.8 Å². The van der Waals surface area contributed by atoms with Crippen LogP contribution in [0.5, 0.6) is 0 Å². The summed E-state index contributed by atoms with van der Waals surface area (Å²) in [7, 11) is 0. The molecule has 0 bridgehead atoms. The molecule has 6 heteroatoms. The summed E-state index contributed by atoms with van der Waals surface area (Å²) in [5.41, 5.74) is 0.822. The summed E-state index contributed by atoms with van der Waals surface area (Å²) in [5, 5.41) is 15.6. The molecule has 2 aromatic heterocycles. The van der Waals surface area contributed by atoms with Gasteiger partial charge in [0.15, 0.2) is 11.5 Å². The standard InChI is InChI=1S/C14H23N5O/c1-3-5-15-12-10-19-7-6-16-14(19)13(18-12)17-9-11(2)4-8-20/h6-7,10-11,15,20H,3-5,8-9H2,1-2H3,(H,17,18). The van der Waals surface area contributed by atoms with Crippen LogP contribution in [0, 0.1) is 5.92 Å². The van der Waals surface area contributed by atoms with Crippen molar-refractivity contribution in [2.75, 3.05) is 30.3 Å². The molecule has 0 saturated carbocycles. The molecule has 110 valence electrons. The smallest absolute Gasteiger partial charge is 0.180 e. The van der Waals surface area contributed by atoms with Crippen molar-refractivity contribution in [2.45, 2.75) is 26.7 Å². The number of nitrogens with zero attached hydrogens (tertiary/aromatic N) is 3. The maximum absolute atomic E-state index is 8.94. The molecular formula is C14H23N5O. The van der Waals surface area contributed by atoms with Crippen molar-refractivity contribution in [1.82, 2.24) is 14.4 Å². The Hall–Kier alpha value is -1.82. The van der Waals surface area contributed by atoms with E-state index < -0.39 is 0 Å². The average molecular weight is 277 g/mol. The number of hydrogen-bond donors (Lipinski definition) is 3. The van der Waals surface area contributed by atoms with E-state index in [-0.39, 0.29) is 6.61 Å². The normalized spacial score (nSPS) is 12.6. The van der Waals surface area contributed by atoms with Crippen molar-refractivity contribution in [1.29, 1.82) is 0 Å². The second kappa shape index (κ2) is 7.09. The molecule has 0 aliphatic heterocycles. The molecule has 3 N–H and O–H groups in total. The van der Waals surface area contributed by atoms with Gasteiger partial charge < -0.3 is 20.1 Å². The Morgan fingerprint density at radius 1 is 1.40 bits per heavy atom. The zero-order chi connectivity index (χ0) is 14.4. The molecule has 2 rings (SSSR count). The second-order valence-electron chi connectivity index (χ2n) is 5.06. The van der Waals surface area contributed by atoms with E-state index in [4.69, 9.17) is 5.11 Å². The predicted octanol–water partition coefficient (Wildman–Crippen LogP) is 1.98. The zero-order valence-corrected chi connectivity index (χ0v) is 12.1. The molecule has 0 fully saturated rings. The summed E-state index contributed by atoms with van der Waals surface area (Å²) in [5.74, 6) is 2.01. The number of aliphatic hydroxyl groups excluding tert-OH is 1. The fourth-order valence-corrected chi connectivity index (χ4v) is 1.98. The number of nitrogens with one attached hydrogen (secondary N) is 2. The monoisotopic (exact) mass is 277 g/mol. The lowest BCUT2D eigenvalue weighted by atomic mass is 10.1. The minimum atomic E-state index is 0.215. The molecule has 20 heavy (non-hydrogen) atoms. The van der Waals surface area contributed by atoms with Crippen LogP contribution in [0.25, 0.3) is 5.65 Å². The molecule has 1 atom stereocenters. The number of rotatable bonds is 8. The van der Waals surface area contributed by atoms with E-state index in [0.717, 1.165) is 43.2 Å². The highest BCUT2D eigenvalue weighted by Gasteiger charge is 2.08. The van der Waals surface area contributed by atoms with Crippen LogP contribution < -0.4 is 10.6 Å². The topological polar surface area (TPSA) is 74.5 Å². The van der Waals surface area contributed by atoms with Gasteiger partial charge in [-0.1, -0.05) is 13.8 Å². The van der Waals surface area contributed by atoms with Crippen LogP contribution in [0.2, 0.25) is 0 Å². The van der Waals surface area contributed by atoms with Gasteiger partial charge in [-0.25, -0.2) is 9.97 Å². The summed E-state index contributed by atoms with van der Waals surface area (Å²) >= 11 is 0. The van der Waals surface area contributed by atoms with Gasteiger partial charge in [0.2, 0.25) is 0 Å². The molecule has 0 spiro atoms. The van der Waals surface area contributed by atoms with E-state index in [2.05, 4.69) is 34.4 Å². The van der Waals surface area contributed by atoms with E-state index in [1.807, 2.05) is 16.8 Å². The maximum Gasteiger partial charge on any atom is 0.180 e. The molecule has 6 nitrogen and oxygen atoms in total. The summed E-state index contributed by atoms with van der Waals surface area (Å²) in [6, 6.07) is 0. The molecule has 0 aliphatic rings. The highest BCUT2D eigenvalue weighted by Crippen LogP contribution is 2.17. The summed E-state index contributed by atoms with van der Waals surface area (Å²) in [6.45, 7) is 6.11. The van der Waals surface area contributed by atoms with Gasteiger partial charge in [0.25, 0.3) is 0 Å². The van der Waals surface area contributed by atoms with Gasteiger partial charge in [-0.15, -0.1) is 0 Å². The lowest BCUT2D eigenvalue weighted by molar-refractivity contribution is 0.266. The van der Waals surface area contributed by atoms with Crippen LogP contribution in [-0.2, 0) is 0 Å². The highest BCUT2D eigenvalue weighted by molar-refractivity contribution is 5.65. The molecule has 2 heterocycles. The lowest BCUT2D eigenvalue weighted by Crippen LogP contribution is -2.15. The van der Waals surface area contributed by atoms with E-state index >= 15 is 0 Å². The first-order valence-corrected chi connectivity index (χ1v) is 7.17. The number of aromatic nitrogens is 3. The first-order valence-electron chi connectivity index (χ1n) is 7.17. The predicted molar refractivity (Wildman–Crippen MR) is 81.1 cm³/mol. The van der Waals surface area contributed by atoms with E-state index in [1.54, 1.807) is 6.20 Å². The molecule has 0 saturated heterocycles. The van der Waals surface area contributed by atoms with Crippen LogP contribution >= 0.6 is 0 Å². The third kappa shape index (κ3) is 3.60. The number of imidazole rings is 1. The minimum Gasteiger partial charge on any atom is -0.396 e. The Bertz CT molecular complexity index is 539. The van der Waals surface area contributed by atoms with Gasteiger partial charge in [0.05, 0.1) is 6.20 Å². The largest absolute Gasteiger partial charge is 0.396 e. The first-order chi connectivity index (χ1) is 9.74. The summed E-state index contributed by atoms with van der Waals surface area (Å²) in [4.78, 5) is 8.90. The average Bonchev–Trinajstić information content (AvgIpc) is 2.91. The Labute approximate surface area is 119 Å². The lowest BCUT2D eigenvalue weighted by Gasteiger charge is -2.13. The van der Waals surface area contributed by atoms with Crippen LogP contribution in [0.3, 0.4) is 0 Å². The van der Waals surface area contributed by atoms with Crippen molar-refractivity contribution in [3.8, 4) is 0 Å². The fourth-order valence-electron chi connectivity index (χ4n) is 1.98. The Kier molecular flexibility index (Phi) is 5.17. The van der Waals surface area contributed by atoms with Crippen LogP contribution in [0.15, 0.2) is 18.6 Å².